The molecule has 1 heterocycles. The molecule has 1 saturated heterocycles. The number of halogens is 3. The van der Waals surface area contributed by atoms with E-state index in [2.05, 4.69) is 4.74 Å². The first kappa shape index (κ1) is 12.9. The van der Waals surface area contributed by atoms with Gasteiger partial charge in [-0.2, -0.15) is 0 Å². The quantitative estimate of drug-likeness (QED) is 0.538. The lowest BCUT2D eigenvalue weighted by Crippen LogP contribution is -2.46. The van der Waals surface area contributed by atoms with Crippen LogP contribution in [0.1, 0.15) is 12.8 Å². The molecule has 1 amide bonds. The summed E-state index contributed by atoms with van der Waals surface area (Å²) in [5, 5.41) is 0. The van der Waals surface area contributed by atoms with Crippen molar-refractivity contribution in [3.8, 4) is 0 Å². The van der Waals surface area contributed by atoms with Crippen molar-refractivity contribution >= 4 is 46.7 Å². The van der Waals surface area contributed by atoms with Gasteiger partial charge in [0.2, 0.25) is 0 Å². The summed E-state index contributed by atoms with van der Waals surface area (Å²) in [6, 6.07) is -0.627. The summed E-state index contributed by atoms with van der Waals surface area (Å²) >= 11 is 16.4. The van der Waals surface area contributed by atoms with E-state index in [9.17, 15) is 9.59 Å². The van der Waals surface area contributed by atoms with E-state index in [4.69, 9.17) is 34.8 Å². The highest BCUT2D eigenvalue weighted by molar-refractivity contribution is 6.76. The minimum absolute atomic E-state index is 0.409. The molecule has 1 aliphatic heterocycles. The second kappa shape index (κ2) is 4.76. The van der Waals surface area contributed by atoms with Gasteiger partial charge in [0.1, 0.15) is 6.04 Å². The molecule has 1 rings (SSSR count). The van der Waals surface area contributed by atoms with Crippen LogP contribution in [0.5, 0.6) is 0 Å². The molecule has 4 nitrogen and oxygen atoms in total. The van der Waals surface area contributed by atoms with E-state index in [1.165, 1.54) is 12.0 Å². The molecule has 0 aromatic heterocycles. The van der Waals surface area contributed by atoms with Gasteiger partial charge in [0.05, 0.1) is 7.11 Å². The smallest absolute Gasteiger partial charge is 0.328 e. The number of methoxy groups -OCH3 is 1. The lowest BCUT2D eigenvalue weighted by molar-refractivity contribution is -0.150. The third-order valence-corrected chi connectivity index (χ3v) is 2.71. The van der Waals surface area contributed by atoms with Gasteiger partial charge in [-0.15, -0.1) is 0 Å². The van der Waals surface area contributed by atoms with E-state index in [1.807, 2.05) is 0 Å². The summed E-state index contributed by atoms with van der Waals surface area (Å²) in [7, 11) is 1.26. The van der Waals surface area contributed by atoms with Crippen molar-refractivity contribution in [3.05, 3.63) is 0 Å². The van der Waals surface area contributed by atoms with Gasteiger partial charge < -0.3 is 9.64 Å². The Labute approximate surface area is 102 Å². The molecule has 0 aromatic carbocycles. The zero-order valence-electron chi connectivity index (χ0n) is 8.00. The van der Waals surface area contributed by atoms with Crippen molar-refractivity contribution in [1.82, 2.24) is 4.90 Å². The van der Waals surface area contributed by atoms with Crippen molar-refractivity contribution in [1.29, 1.82) is 0 Å². The van der Waals surface area contributed by atoms with Crippen LogP contribution in [0.15, 0.2) is 0 Å². The van der Waals surface area contributed by atoms with E-state index < -0.39 is 21.7 Å². The number of amides is 1. The molecule has 0 aromatic rings. The molecular formula is C8H10Cl3NO3. The monoisotopic (exact) mass is 273 g/mol. The Morgan fingerprint density at radius 3 is 2.47 bits per heavy atom. The number of carbonyl (C=O) groups excluding carboxylic acids is 2. The van der Waals surface area contributed by atoms with E-state index in [0.717, 1.165) is 0 Å². The molecule has 15 heavy (non-hydrogen) atoms. The highest BCUT2D eigenvalue weighted by Crippen LogP contribution is 2.32. The van der Waals surface area contributed by atoms with E-state index in [0.29, 0.717) is 19.4 Å². The lowest BCUT2D eigenvalue weighted by Gasteiger charge is -2.25. The molecule has 0 N–H and O–H groups in total. The van der Waals surface area contributed by atoms with Crippen LogP contribution in [0.3, 0.4) is 0 Å². The number of esters is 1. The number of hydrogen-bond donors (Lipinski definition) is 0. The SMILES string of the molecule is COC(=O)C1CCCN1C(=O)C(Cl)(Cl)Cl. The Bertz CT molecular complexity index is 277. The molecule has 86 valence electrons. The fraction of sp³-hybridized carbons (Fsp3) is 0.750. The number of hydrogen-bond acceptors (Lipinski definition) is 3. The van der Waals surface area contributed by atoms with Crippen LogP contribution >= 0.6 is 34.8 Å². The first-order valence-electron chi connectivity index (χ1n) is 4.33. The molecular weight excluding hydrogens is 264 g/mol. The summed E-state index contributed by atoms with van der Waals surface area (Å²) in [6.45, 7) is 0.409. The number of carbonyl (C=O) groups is 2. The van der Waals surface area contributed by atoms with Crippen LogP contribution in [0, 0.1) is 0 Å². The molecule has 7 heteroatoms. The number of likely N-dealkylation sites (tertiary alicyclic amines) is 1. The Balaban J connectivity index is 2.77. The molecule has 1 unspecified atom stereocenters. The van der Waals surface area contributed by atoms with Gasteiger partial charge in [0, 0.05) is 6.54 Å². The highest BCUT2D eigenvalue weighted by atomic mass is 35.6. The summed E-state index contributed by atoms with van der Waals surface area (Å²) in [4.78, 5) is 24.2. The zero-order valence-corrected chi connectivity index (χ0v) is 10.3. The Hall–Kier alpha value is -0.190. The molecule has 0 radical (unpaired) electrons. The maximum Gasteiger partial charge on any atom is 0.328 e. The van der Waals surface area contributed by atoms with E-state index >= 15 is 0 Å². The van der Waals surface area contributed by atoms with Crippen molar-refractivity contribution < 1.29 is 14.3 Å². The number of alkyl halides is 3. The molecule has 1 aliphatic rings. The topological polar surface area (TPSA) is 46.6 Å². The summed E-state index contributed by atoms with van der Waals surface area (Å²) < 4.78 is 2.55. The number of nitrogens with zero attached hydrogens (tertiary/aromatic N) is 1. The molecule has 1 fully saturated rings. The third kappa shape index (κ3) is 2.89. The van der Waals surface area contributed by atoms with Crippen LogP contribution in [-0.2, 0) is 14.3 Å². The van der Waals surface area contributed by atoms with E-state index in [-0.39, 0.29) is 0 Å². The van der Waals surface area contributed by atoms with Gasteiger partial charge >= 0.3 is 5.97 Å². The first-order chi connectivity index (χ1) is 6.88. The minimum atomic E-state index is -2.02. The first-order valence-corrected chi connectivity index (χ1v) is 5.47. The maximum atomic E-state index is 11.6. The predicted molar refractivity (Wildman–Crippen MR) is 57.0 cm³/mol. The summed E-state index contributed by atoms with van der Waals surface area (Å²) in [6.07, 6.45) is 1.24. The van der Waals surface area contributed by atoms with Gasteiger partial charge in [-0.05, 0) is 12.8 Å². The zero-order chi connectivity index (χ0) is 11.6. The summed E-state index contributed by atoms with van der Waals surface area (Å²) in [5.41, 5.74) is 0. The van der Waals surface area contributed by atoms with Gasteiger partial charge in [0.25, 0.3) is 9.70 Å². The number of ether oxygens (including phenoxy) is 1. The third-order valence-electron chi connectivity index (χ3n) is 2.23. The molecule has 0 spiro atoms. The van der Waals surface area contributed by atoms with Gasteiger partial charge in [0.15, 0.2) is 0 Å². The van der Waals surface area contributed by atoms with Crippen molar-refractivity contribution in [2.75, 3.05) is 13.7 Å². The number of rotatable bonds is 1. The maximum absolute atomic E-state index is 11.6. The van der Waals surface area contributed by atoms with Crippen LogP contribution < -0.4 is 0 Å². The second-order valence-corrected chi connectivity index (χ2v) is 5.46. The molecule has 0 saturated carbocycles. The summed E-state index contributed by atoms with van der Waals surface area (Å²) in [5.74, 6) is -1.16. The van der Waals surface area contributed by atoms with Gasteiger partial charge in [-0.3, -0.25) is 4.79 Å². The van der Waals surface area contributed by atoms with E-state index in [1.54, 1.807) is 0 Å². The predicted octanol–water partition coefficient (Wildman–Crippen LogP) is 1.52. The average Bonchev–Trinajstić information content (AvgIpc) is 2.62. The van der Waals surface area contributed by atoms with Crippen molar-refractivity contribution in [3.63, 3.8) is 0 Å². The van der Waals surface area contributed by atoms with Gasteiger partial charge in [-0.25, -0.2) is 4.79 Å². The van der Waals surface area contributed by atoms with Crippen molar-refractivity contribution in [2.24, 2.45) is 0 Å². The molecule has 0 bridgehead atoms. The Morgan fingerprint density at radius 1 is 1.40 bits per heavy atom. The fourth-order valence-corrected chi connectivity index (χ4v) is 1.88. The average molecular weight is 275 g/mol. The molecule has 1 atom stereocenters. The largest absolute Gasteiger partial charge is 0.467 e. The van der Waals surface area contributed by atoms with Crippen LogP contribution in [-0.4, -0.2) is 40.3 Å². The van der Waals surface area contributed by atoms with Crippen LogP contribution in [0.4, 0.5) is 0 Å². The van der Waals surface area contributed by atoms with Crippen LogP contribution in [0.25, 0.3) is 0 Å². The normalized spacial score (nSPS) is 21.6. The standard InChI is InChI=1S/C8H10Cl3NO3/c1-15-6(13)5-3-2-4-12(5)7(14)8(9,10)11/h5H,2-4H2,1H3. The second-order valence-electron chi connectivity index (χ2n) is 3.18. The Kier molecular flexibility index (Phi) is 4.09. The highest BCUT2D eigenvalue weighted by Gasteiger charge is 2.43. The van der Waals surface area contributed by atoms with Crippen molar-refractivity contribution in [2.45, 2.75) is 22.7 Å². The minimum Gasteiger partial charge on any atom is -0.467 e. The molecule has 0 aliphatic carbocycles. The fourth-order valence-electron chi connectivity index (χ4n) is 1.55. The Morgan fingerprint density at radius 2 is 2.00 bits per heavy atom. The van der Waals surface area contributed by atoms with Gasteiger partial charge in [-0.1, -0.05) is 34.8 Å². The van der Waals surface area contributed by atoms with Crippen LogP contribution in [0.2, 0.25) is 0 Å². The lowest BCUT2D eigenvalue weighted by atomic mass is 10.2.